The van der Waals surface area contributed by atoms with Crippen molar-refractivity contribution in [1.29, 1.82) is 0 Å². The molecule has 0 aliphatic heterocycles. The largest absolute Gasteiger partial charge is 0.384 e. The molecule has 0 unspecified atom stereocenters. The number of amidine groups is 1. The summed E-state index contributed by atoms with van der Waals surface area (Å²) in [6.07, 6.45) is 3.35. The van der Waals surface area contributed by atoms with Gasteiger partial charge in [-0.15, -0.1) is 11.8 Å². The van der Waals surface area contributed by atoms with Crippen LogP contribution in [0.2, 0.25) is 0 Å². The Hall–Kier alpha value is -2.47. The van der Waals surface area contributed by atoms with Gasteiger partial charge in [0.1, 0.15) is 5.84 Å². The van der Waals surface area contributed by atoms with Crippen LogP contribution in [0, 0.1) is 0 Å². The molecule has 1 amide bonds. The van der Waals surface area contributed by atoms with Gasteiger partial charge >= 0.3 is 0 Å². The Balaban J connectivity index is 1.72. The number of amides is 1. The summed E-state index contributed by atoms with van der Waals surface area (Å²) in [5.74, 6) is 0.101. The maximum absolute atomic E-state index is 11.8. The lowest BCUT2D eigenvalue weighted by Gasteiger charge is -2.06. The Kier molecular flexibility index (Phi) is 7.17. The number of hydrogen-bond donors (Lipinski definition) is 2. The smallest absolute Gasteiger partial charge is 0.265 e. The summed E-state index contributed by atoms with van der Waals surface area (Å²) in [5, 5.41) is 6.54. The summed E-state index contributed by atoms with van der Waals surface area (Å²) >= 11 is 1.61. The molecule has 24 heavy (non-hydrogen) atoms. The number of thioether (sulfide) groups is 1. The zero-order chi connectivity index (χ0) is 17.2. The van der Waals surface area contributed by atoms with Gasteiger partial charge in [0.15, 0.2) is 6.61 Å². The zero-order valence-electron chi connectivity index (χ0n) is 13.6. The SMILES string of the molecule is CSc1cccc(NC(=O)CO/N=C(\N)CCc2ccccc2)c1. The molecule has 2 rings (SSSR count). The summed E-state index contributed by atoms with van der Waals surface area (Å²) in [6.45, 7) is -0.171. The number of aryl methyl sites for hydroxylation is 1. The fourth-order valence-corrected chi connectivity index (χ4v) is 2.49. The average molecular weight is 343 g/mol. The maximum Gasteiger partial charge on any atom is 0.265 e. The number of anilines is 1. The lowest BCUT2D eigenvalue weighted by Crippen LogP contribution is -2.19. The van der Waals surface area contributed by atoms with Gasteiger partial charge < -0.3 is 15.9 Å². The quantitative estimate of drug-likeness (QED) is 0.334. The van der Waals surface area contributed by atoms with Crippen molar-refractivity contribution >= 4 is 29.2 Å². The van der Waals surface area contributed by atoms with Crippen molar-refractivity contribution in [3.05, 3.63) is 60.2 Å². The molecule has 0 atom stereocenters. The summed E-state index contributed by atoms with van der Waals surface area (Å²) < 4.78 is 0. The monoisotopic (exact) mass is 343 g/mol. The van der Waals surface area contributed by atoms with Gasteiger partial charge in [0, 0.05) is 17.0 Å². The average Bonchev–Trinajstić information content (AvgIpc) is 2.61. The minimum absolute atomic E-state index is 0.171. The van der Waals surface area contributed by atoms with E-state index in [0.717, 1.165) is 17.0 Å². The van der Waals surface area contributed by atoms with E-state index in [1.165, 1.54) is 5.56 Å². The topological polar surface area (TPSA) is 76.7 Å². The molecule has 0 saturated carbocycles. The van der Waals surface area contributed by atoms with Crippen LogP contribution < -0.4 is 11.1 Å². The maximum atomic E-state index is 11.8. The number of nitrogens with one attached hydrogen (secondary N) is 1. The van der Waals surface area contributed by atoms with Crippen LogP contribution in [-0.2, 0) is 16.1 Å². The van der Waals surface area contributed by atoms with Crippen LogP contribution in [0.15, 0.2) is 64.6 Å². The van der Waals surface area contributed by atoms with Gasteiger partial charge in [0.05, 0.1) is 0 Å². The fourth-order valence-electron chi connectivity index (χ4n) is 2.03. The number of hydrogen-bond acceptors (Lipinski definition) is 4. The van der Waals surface area contributed by atoms with Crippen LogP contribution in [0.1, 0.15) is 12.0 Å². The molecule has 2 aromatic carbocycles. The van der Waals surface area contributed by atoms with Crippen molar-refractivity contribution in [2.75, 3.05) is 18.2 Å². The first kappa shape index (κ1) is 17.9. The second-order valence-electron chi connectivity index (χ2n) is 5.12. The van der Waals surface area contributed by atoms with Crippen molar-refractivity contribution < 1.29 is 9.63 Å². The van der Waals surface area contributed by atoms with Gasteiger partial charge in [-0.2, -0.15) is 0 Å². The molecule has 2 aromatic rings. The molecule has 5 nitrogen and oxygen atoms in total. The summed E-state index contributed by atoms with van der Waals surface area (Å²) in [4.78, 5) is 17.9. The molecule has 0 fully saturated rings. The van der Waals surface area contributed by atoms with Crippen molar-refractivity contribution in [2.45, 2.75) is 17.7 Å². The first-order valence-electron chi connectivity index (χ1n) is 7.59. The summed E-state index contributed by atoms with van der Waals surface area (Å²) in [6, 6.07) is 17.6. The minimum atomic E-state index is -0.270. The van der Waals surface area contributed by atoms with Gasteiger partial charge in [-0.25, -0.2) is 0 Å². The summed E-state index contributed by atoms with van der Waals surface area (Å²) in [7, 11) is 0. The first-order chi connectivity index (χ1) is 11.7. The van der Waals surface area contributed by atoms with Gasteiger partial charge in [-0.05, 0) is 36.4 Å². The van der Waals surface area contributed by atoms with Crippen LogP contribution in [0.25, 0.3) is 0 Å². The Morgan fingerprint density at radius 2 is 2.00 bits per heavy atom. The highest BCUT2D eigenvalue weighted by Crippen LogP contribution is 2.18. The Morgan fingerprint density at radius 3 is 2.75 bits per heavy atom. The fraction of sp³-hybridized carbons (Fsp3) is 0.222. The third-order valence-electron chi connectivity index (χ3n) is 3.24. The highest BCUT2D eigenvalue weighted by atomic mass is 32.2. The Bertz CT molecular complexity index is 690. The van der Waals surface area contributed by atoms with Crippen LogP contribution in [0.3, 0.4) is 0 Å². The Morgan fingerprint density at radius 1 is 1.21 bits per heavy atom. The molecule has 0 radical (unpaired) electrons. The van der Waals surface area contributed by atoms with Crippen molar-refractivity contribution in [2.24, 2.45) is 10.9 Å². The highest BCUT2D eigenvalue weighted by molar-refractivity contribution is 7.98. The van der Waals surface area contributed by atoms with E-state index in [0.29, 0.717) is 12.3 Å². The van der Waals surface area contributed by atoms with Gasteiger partial charge in [-0.1, -0.05) is 41.6 Å². The van der Waals surface area contributed by atoms with E-state index in [4.69, 9.17) is 10.6 Å². The molecule has 0 aromatic heterocycles. The third kappa shape index (κ3) is 6.34. The number of carbonyl (C=O) groups excluding carboxylic acids is 1. The number of rotatable bonds is 8. The molecule has 3 N–H and O–H groups in total. The van der Waals surface area contributed by atoms with Gasteiger partial charge in [-0.3, -0.25) is 4.79 Å². The molecule has 126 valence electrons. The molecular formula is C18H21N3O2S. The van der Waals surface area contributed by atoms with Crippen LogP contribution in [-0.4, -0.2) is 24.6 Å². The van der Waals surface area contributed by atoms with E-state index in [-0.39, 0.29) is 12.5 Å². The molecular weight excluding hydrogens is 322 g/mol. The van der Waals surface area contributed by atoms with E-state index in [2.05, 4.69) is 10.5 Å². The minimum Gasteiger partial charge on any atom is -0.384 e. The number of oxime groups is 1. The number of carbonyl (C=O) groups is 1. The number of nitrogens with two attached hydrogens (primary N) is 1. The number of nitrogens with zero attached hydrogens (tertiary/aromatic N) is 1. The molecule has 6 heteroatoms. The molecule has 0 aliphatic carbocycles. The number of benzene rings is 2. The highest BCUT2D eigenvalue weighted by Gasteiger charge is 2.04. The van der Waals surface area contributed by atoms with Crippen LogP contribution in [0.5, 0.6) is 0 Å². The standard InChI is InChI=1S/C18H21N3O2S/c1-24-16-9-5-8-15(12-16)20-18(22)13-23-21-17(19)11-10-14-6-3-2-4-7-14/h2-9,12H,10-11,13H2,1H3,(H2,19,21)(H,20,22). The summed E-state index contributed by atoms with van der Waals surface area (Å²) in [5.41, 5.74) is 7.70. The second kappa shape index (κ2) is 9.62. The zero-order valence-corrected chi connectivity index (χ0v) is 14.4. The van der Waals surface area contributed by atoms with E-state index in [9.17, 15) is 4.79 Å². The van der Waals surface area contributed by atoms with Gasteiger partial charge in [0.2, 0.25) is 0 Å². The lowest BCUT2D eigenvalue weighted by atomic mass is 10.1. The van der Waals surface area contributed by atoms with E-state index < -0.39 is 0 Å². The lowest BCUT2D eigenvalue weighted by molar-refractivity contribution is -0.120. The predicted octanol–water partition coefficient (Wildman–Crippen LogP) is 3.27. The molecule has 0 bridgehead atoms. The molecule has 0 spiro atoms. The van der Waals surface area contributed by atoms with E-state index in [1.807, 2.05) is 60.9 Å². The third-order valence-corrected chi connectivity index (χ3v) is 3.97. The molecule has 0 saturated heterocycles. The predicted molar refractivity (Wildman–Crippen MR) is 99.2 cm³/mol. The van der Waals surface area contributed by atoms with E-state index in [1.54, 1.807) is 11.8 Å². The van der Waals surface area contributed by atoms with Crippen LogP contribution >= 0.6 is 11.8 Å². The van der Waals surface area contributed by atoms with Gasteiger partial charge in [0.25, 0.3) is 5.91 Å². The first-order valence-corrected chi connectivity index (χ1v) is 8.82. The van der Waals surface area contributed by atoms with Crippen LogP contribution in [0.4, 0.5) is 5.69 Å². The van der Waals surface area contributed by atoms with Crippen molar-refractivity contribution in [3.8, 4) is 0 Å². The van der Waals surface area contributed by atoms with Crippen molar-refractivity contribution in [1.82, 2.24) is 0 Å². The molecule has 0 aliphatic rings. The second-order valence-corrected chi connectivity index (χ2v) is 6.00. The van der Waals surface area contributed by atoms with E-state index >= 15 is 0 Å². The Labute approximate surface area is 146 Å². The molecule has 0 heterocycles. The van der Waals surface area contributed by atoms with Crippen molar-refractivity contribution in [3.63, 3.8) is 0 Å². The normalized spacial score (nSPS) is 11.1.